The van der Waals surface area contributed by atoms with Crippen molar-refractivity contribution in [1.82, 2.24) is 0 Å². The van der Waals surface area contributed by atoms with Crippen LogP contribution >= 0.6 is 15.9 Å². The Morgan fingerprint density at radius 3 is 2.43 bits per heavy atom. The van der Waals surface area contributed by atoms with Crippen molar-refractivity contribution in [3.63, 3.8) is 0 Å². The van der Waals surface area contributed by atoms with Crippen molar-refractivity contribution >= 4 is 15.9 Å². The van der Waals surface area contributed by atoms with Gasteiger partial charge in [0, 0.05) is 16.3 Å². The van der Waals surface area contributed by atoms with E-state index in [1.165, 1.54) is 18.9 Å². The highest BCUT2D eigenvalue weighted by atomic mass is 79.9. The van der Waals surface area contributed by atoms with Gasteiger partial charge in [0.1, 0.15) is 6.10 Å². The Morgan fingerprint density at radius 1 is 1.14 bits per heavy atom. The monoisotopic (exact) mass is 360 g/mol. The quantitative estimate of drug-likeness (QED) is 0.782. The van der Waals surface area contributed by atoms with E-state index in [0.717, 1.165) is 31.7 Å². The molecule has 1 spiro atoms. The van der Waals surface area contributed by atoms with Crippen LogP contribution in [0.15, 0.2) is 16.6 Å². The van der Waals surface area contributed by atoms with Crippen molar-refractivity contribution in [3.05, 3.63) is 28.2 Å². The number of hydrogen-bond donors (Lipinski definition) is 1. The van der Waals surface area contributed by atoms with Crippen LogP contribution in [-0.2, 0) is 0 Å². The second-order valence-electron chi connectivity index (χ2n) is 6.21. The molecule has 2 aliphatic carbocycles. The molecule has 2 atom stereocenters. The van der Waals surface area contributed by atoms with E-state index in [1.54, 1.807) is 0 Å². The summed E-state index contributed by atoms with van der Waals surface area (Å²) in [6.45, 7) is 0. The second kappa shape index (κ2) is 5.84. The van der Waals surface area contributed by atoms with Gasteiger partial charge in [-0.15, -0.1) is 0 Å². The van der Waals surface area contributed by atoms with Gasteiger partial charge in [-0.3, -0.25) is 0 Å². The predicted molar refractivity (Wildman–Crippen MR) is 79.2 cm³/mol. The lowest BCUT2D eigenvalue weighted by Crippen LogP contribution is -2.59. The lowest BCUT2D eigenvalue weighted by molar-refractivity contribution is -0.164. The number of hydrogen-bond acceptors (Lipinski definition) is 2. The van der Waals surface area contributed by atoms with Gasteiger partial charge in [-0.2, -0.15) is 4.39 Å². The van der Waals surface area contributed by atoms with Crippen molar-refractivity contribution in [3.8, 4) is 5.75 Å². The molecule has 0 amide bonds. The molecular weight excluding hydrogens is 342 g/mol. The number of aliphatic hydroxyl groups excluding tert-OH is 1. The van der Waals surface area contributed by atoms with Crippen LogP contribution in [0.4, 0.5) is 8.78 Å². The van der Waals surface area contributed by atoms with E-state index in [1.807, 2.05) is 0 Å². The Labute approximate surface area is 131 Å². The average molecular weight is 361 g/mol. The van der Waals surface area contributed by atoms with Crippen molar-refractivity contribution < 1.29 is 18.6 Å². The zero-order valence-electron chi connectivity index (χ0n) is 11.7. The Kier molecular flexibility index (Phi) is 4.23. The van der Waals surface area contributed by atoms with E-state index in [9.17, 15) is 13.9 Å². The third-order valence-electron chi connectivity index (χ3n) is 5.01. The third kappa shape index (κ3) is 2.70. The molecule has 116 valence electrons. The number of aliphatic hydroxyl groups is 1. The van der Waals surface area contributed by atoms with Crippen LogP contribution < -0.4 is 4.74 Å². The molecule has 0 saturated heterocycles. The molecule has 2 aliphatic rings. The Balaban J connectivity index is 1.82. The van der Waals surface area contributed by atoms with Gasteiger partial charge in [-0.05, 0) is 25.0 Å². The molecule has 0 aliphatic heterocycles. The highest BCUT2D eigenvalue weighted by Gasteiger charge is 2.55. The summed E-state index contributed by atoms with van der Waals surface area (Å²) in [4.78, 5) is 0. The molecule has 2 unspecified atom stereocenters. The van der Waals surface area contributed by atoms with E-state index >= 15 is 0 Å². The van der Waals surface area contributed by atoms with Crippen LogP contribution in [-0.4, -0.2) is 17.3 Å². The van der Waals surface area contributed by atoms with Crippen LogP contribution in [0.1, 0.15) is 44.9 Å². The fourth-order valence-corrected chi connectivity index (χ4v) is 4.11. The molecule has 1 aromatic rings. The minimum absolute atomic E-state index is 0.0672. The molecule has 0 radical (unpaired) electrons. The molecule has 0 heterocycles. The van der Waals surface area contributed by atoms with Crippen LogP contribution in [0.2, 0.25) is 0 Å². The third-order valence-corrected chi connectivity index (χ3v) is 5.46. The maximum atomic E-state index is 13.9. The van der Waals surface area contributed by atoms with Crippen molar-refractivity contribution in [2.45, 2.75) is 57.2 Å². The average Bonchev–Trinajstić information content (AvgIpc) is 2.71. The summed E-state index contributed by atoms with van der Waals surface area (Å²) in [7, 11) is 0. The highest BCUT2D eigenvalue weighted by molar-refractivity contribution is 9.10. The van der Waals surface area contributed by atoms with Gasteiger partial charge in [0.25, 0.3) is 0 Å². The summed E-state index contributed by atoms with van der Waals surface area (Å²) >= 11 is 3.15. The molecule has 1 N–H and O–H groups in total. The summed E-state index contributed by atoms with van der Waals surface area (Å²) in [6, 6.07) is 2.53. The lowest BCUT2D eigenvalue weighted by atomic mass is 9.59. The summed E-state index contributed by atoms with van der Waals surface area (Å²) in [5, 5.41) is 10.2. The Bertz CT molecular complexity index is 527. The Morgan fingerprint density at radius 2 is 1.81 bits per heavy atom. The standard InChI is InChI=1S/C16H19BrF2O2/c17-10-7-11(18)15(19)12(8-10)21-14-9-13(20)16(14)5-3-1-2-4-6-16/h7-8,13-14,20H,1-6,9H2. The van der Waals surface area contributed by atoms with E-state index in [0.29, 0.717) is 10.9 Å². The number of halogens is 3. The van der Waals surface area contributed by atoms with Gasteiger partial charge in [-0.1, -0.05) is 41.6 Å². The predicted octanol–water partition coefficient (Wildman–Crippen LogP) is 4.58. The van der Waals surface area contributed by atoms with Gasteiger partial charge in [-0.25, -0.2) is 4.39 Å². The zero-order valence-corrected chi connectivity index (χ0v) is 13.3. The molecule has 2 saturated carbocycles. The number of ether oxygens (including phenoxy) is 1. The molecule has 1 aromatic carbocycles. The van der Waals surface area contributed by atoms with Gasteiger partial charge >= 0.3 is 0 Å². The van der Waals surface area contributed by atoms with Gasteiger partial charge < -0.3 is 9.84 Å². The van der Waals surface area contributed by atoms with Crippen molar-refractivity contribution in [2.75, 3.05) is 0 Å². The molecule has 21 heavy (non-hydrogen) atoms. The highest BCUT2D eigenvalue weighted by Crippen LogP contribution is 2.52. The van der Waals surface area contributed by atoms with Gasteiger partial charge in [0.15, 0.2) is 11.6 Å². The molecule has 2 nitrogen and oxygen atoms in total. The summed E-state index contributed by atoms with van der Waals surface area (Å²) in [6.07, 6.45) is 6.14. The minimum atomic E-state index is -0.955. The van der Waals surface area contributed by atoms with Crippen LogP contribution in [0.3, 0.4) is 0 Å². The molecule has 5 heteroatoms. The smallest absolute Gasteiger partial charge is 0.200 e. The first-order valence-electron chi connectivity index (χ1n) is 7.52. The molecule has 0 aromatic heterocycles. The zero-order chi connectivity index (χ0) is 15.0. The van der Waals surface area contributed by atoms with E-state index in [4.69, 9.17) is 4.74 Å². The normalized spacial score (nSPS) is 28.0. The van der Waals surface area contributed by atoms with Crippen molar-refractivity contribution in [1.29, 1.82) is 0 Å². The summed E-state index contributed by atoms with van der Waals surface area (Å²) in [5.74, 6) is -1.94. The number of benzene rings is 1. The first kappa shape index (κ1) is 15.2. The van der Waals surface area contributed by atoms with E-state index < -0.39 is 11.6 Å². The molecule has 2 fully saturated rings. The first-order chi connectivity index (χ1) is 10.0. The minimum Gasteiger partial charge on any atom is -0.486 e. The Hall–Kier alpha value is -0.680. The van der Waals surface area contributed by atoms with Crippen LogP contribution in [0, 0.1) is 17.0 Å². The maximum absolute atomic E-state index is 13.9. The summed E-state index contributed by atoms with van der Waals surface area (Å²) in [5.41, 5.74) is -0.276. The first-order valence-corrected chi connectivity index (χ1v) is 8.31. The fourth-order valence-electron chi connectivity index (χ4n) is 3.71. The lowest BCUT2D eigenvalue weighted by Gasteiger charge is -2.53. The SMILES string of the molecule is OC1CC(Oc2cc(Br)cc(F)c2F)C12CCCCCC2. The second-order valence-corrected chi connectivity index (χ2v) is 7.12. The van der Waals surface area contributed by atoms with Gasteiger partial charge in [0.2, 0.25) is 5.82 Å². The van der Waals surface area contributed by atoms with Crippen LogP contribution in [0.25, 0.3) is 0 Å². The summed E-state index contributed by atoms with van der Waals surface area (Å²) < 4.78 is 33.5. The fraction of sp³-hybridized carbons (Fsp3) is 0.625. The van der Waals surface area contributed by atoms with Gasteiger partial charge in [0.05, 0.1) is 6.10 Å². The molecule has 0 bridgehead atoms. The maximum Gasteiger partial charge on any atom is 0.200 e. The molecule has 3 rings (SSSR count). The van der Waals surface area contributed by atoms with Crippen molar-refractivity contribution in [2.24, 2.45) is 5.41 Å². The van der Waals surface area contributed by atoms with E-state index in [2.05, 4.69) is 15.9 Å². The molecular formula is C16H19BrF2O2. The largest absolute Gasteiger partial charge is 0.486 e. The van der Waals surface area contributed by atoms with E-state index in [-0.39, 0.29) is 23.4 Å². The number of rotatable bonds is 2. The van der Waals surface area contributed by atoms with Crippen LogP contribution in [0.5, 0.6) is 5.75 Å². The topological polar surface area (TPSA) is 29.5 Å².